The Labute approximate surface area is 139 Å². The van der Waals surface area contributed by atoms with E-state index in [0.29, 0.717) is 5.56 Å². The molecule has 2 aromatic rings. The third-order valence-electron chi connectivity index (χ3n) is 3.06. The minimum atomic E-state index is -4.79. The summed E-state index contributed by atoms with van der Waals surface area (Å²) in [5.74, 6) is -0.562. The van der Waals surface area contributed by atoms with Gasteiger partial charge in [0.1, 0.15) is 6.10 Å². The molecule has 122 valence electrons. The van der Waals surface area contributed by atoms with Crippen LogP contribution in [-0.4, -0.2) is 19.4 Å². The number of carbonyl (C=O) groups excluding carboxylic acids is 1. The highest BCUT2D eigenvalue weighted by Crippen LogP contribution is 2.33. The normalized spacial score (nSPS) is 12.7. The maximum absolute atomic E-state index is 12.7. The Hall–Kier alpha value is -1.86. The summed E-state index contributed by atoms with van der Waals surface area (Å²) in [6, 6.07) is 11.9. The highest BCUT2D eigenvalue weighted by atomic mass is 79.9. The van der Waals surface area contributed by atoms with E-state index in [1.807, 2.05) is 0 Å². The zero-order chi connectivity index (χ0) is 17.0. The molecule has 0 aliphatic heterocycles. The van der Waals surface area contributed by atoms with Gasteiger partial charge in [-0.15, -0.1) is 13.2 Å². The second-order valence-electron chi connectivity index (χ2n) is 4.61. The van der Waals surface area contributed by atoms with Crippen LogP contribution >= 0.6 is 15.9 Å². The first-order valence-corrected chi connectivity index (χ1v) is 7.28. The van der Waals surface area contributed by atoms with E-state index in [4.69, 9.17) is 0 Å². The van der Waals surface area contributed by atoms with Crippen molar-refractivity contribution in [3.63, 3.8) is 0 Å². The van der Waals surface area contributed by atoms with Crippen LogP contribution in [0.3, 0.4) is 0 Å². The molecule has 0 unspecified atom stereocenters. The van der Waals surface area contributed by atoms with Crippen molar-refractivity contribution < 1.29 is 27.4 Å². The average Bonchev–Trinajstić information content (AvgIpc) is 2.52. The summed E-state index contributed by atoms with van der Waals surface area (Å²) in [6.45, 7) is 0. The zero-order valence-electron chi connectivity index (χ0n) is 11.9. The lowest BCUT2D eigenvalue weighted by Gasteiger charge is -2.20. The molecule has 0 radical (unpaired) electrons. The molecule has 0 N–H and O–H groups in total. The maximum atomic E-state index is 12.7. The highest BCUT2D eigenvalue weighted by molar-refractivity contribution is 9.10. The lowest BCUT2D eigenvalue weighted by molar-refractivity contribution is -0.339. The predicted octanol–water partition coefficient (Wildman–Crippen LogP) is 4.86. The molecular weight excluding hydrogens is 377 g/mol. The quantitative estimate of drug-likeness (QED) is 0.701. The average molecular weight is 389 g/mol. The molecule has 0 aromatic heterocycles. The standard InChI is InChI=1S/C16H12BrF3O3/c1-22-15(21)12-4-2-10(3-5-12)14(23-16(18,19)20)11-6-8-13(17)9-7-11/h2-9,14H,1H3/t14-/m0/s1. The fraction of sp³-hybridized carbons (Fsp3) is 0.188. The Morgan fingerprint density at radius 2 is 1.48 bits per heavy atom. The zero-order valence-corrected chi connectivity index (χ0v) is 13.5. The number of benzene rings is 2. The van der Waals surface area contributed by atoms with E-state index in [2.05, 4.69) is 25.4 Å². The predicted molar refractivity (Wildman–Crippen MR) is 80.9 cm³/mol. The summed E-state index contributed by atoms with van der Waals surface area (Å²) in [4.78, 5) is 11.4. The first kappa shape index (κ1) is 17.5. The van der Waals surface area contributed by atoms with Gasteiger partial charge in [0.15, 0.2) is 0 Å². The summed E-state index contributed by atoms with van der Waals surface area (Å²) < 4.78 is 47.7. The van der Waals surface area contributed by atoms with E-state index in [-0.39, 0.29) is 11.1 Å². The number of methoxy groups -OCH3 is 1. The Morgan fingerprint density at radius 3 is 1.91 bits per heavy atom. The molecule has 0 aliphatic rings. The number of carbonyl (C=O) groups is 1. The third-order valence-corrected chi connectivity index (χ3v) is 3.59. The number of alkyl halides is 3. The van der Waals surface area contributed by atoms with Crippen molar-refractivity contribution in [1.29, 1.82) is 0 Å². The summed E-state index contributed by atoms with van der Waals surface area (Å²) in [7, 11) is 1.23. The molecule has 0 fully saturated rings. The molecule has 23 heavy (non-hydrogen) atoms. The minimum absolute atomic E-state index is 0.248. The van der Waals surface area contributed by atoms with Crippen molar-refractivity contribution >= 4 is 21.9 Å². The van der Waals surface area contributed by atoms with Crippen molar-refractivity contribution in [2.24, 2.45) is 0 Å². The van der Waals surface area contributed by atoms with Crippen LogP contribution in [0.4, 0.5) is 13.2 Å². The van der Waals surface area contributed by atoms with E-state index >= 15 is 0 Å². The maximum Gasteiger partial charge on any atom is 0.523 e. The van der Waals surface area contributed by atoms with Gasteiger partial charge in [-0.1, -0.05) is 40.2 Å². The number of hydrogen-bond donors (Lipinski definition) is 0. The SMILES string of the molecule is COC(=O)c1ccc([C@H](OC(F)(F)F)c2ccc(Br)cc2)cc1. The Kier molecular flexibility index (Phi) is 5.43. The van der Waals surface area contributed by atoms with Crippen molar-refractivity contribution in [1.82, 2.24) is 0 Å². The van der Waals surface area contributed by atoms with Gasteiger partial charge in [0, 0.05) is 4.47 Å². The van der Waals surface area contributed by atoms with Gasteiger partial charge in [0.25, 0.3) is 0 Å². The molecule has 2 aromatic carbocycles. The second kappa shape index (κ2) is 7.14. The molecule has 0 amide bonds. The number of halogens is 4. The van der Waals surface area contributed by atoms with Crippen molar-refractivity contribution in [3.05, 3.63) is 69.7 Å². The van der Waals surface area contributed by atoms with Crippen molar-refractivity contribution in [2.45, 2.75) is 12.5 Å². The molecule has 0 aliphatic carbocycles. The molecule has 0 saturated carbocycles. The topological polar surface area (TPSA) is 35.5 Å². The van der Waals surface area contributed by atoms with Gasteiger partial charge < -0.3 is 4.74 Å². The van der Waals surface area contributed by atoms with E-state index in [9.17, 15) is 18.0 Å². The van der Waals surface area contributed by atoms with E-state index < -0.39 is 18.4 Å². The van der Waals surface area contributed by atoms with Crippen molar-refractivity contribution in [2.75, 3.05) is 7.11 Å². The Balaban J connectivity index is 2.37. The summed E-state index contributed by atoms with van der Waals surface area (Å²) in [5.41, 5.74) is 0.867. The van der Waals surface area contributed by atoms with Gasteiger partial charge in [0.05, 0.1) is 12.7 Å². The molecular formula is C16H12BrF3O3. The molecule has 0 spiro atoms. The summed E-state index contributed by atoms with van der Waals surface area (Å²) >= 11 is 3.23. The lowest BCUT2D eigenvalue weighted by atomic mass is 10.0. The molecule has 0 heterocycles. The van der Waals surface area contributed by atoms with E-state index in [0.717, 1.165) is 4.47 Å². The van der Waals surface area contributed by atoms with Gasteiger partial charge in [-0.05, 0) is 35.4 Å². The Bertz CT molecular complexity index is 666. The van der Waals surface area contributed by atoms with Gasteiger partial charge in [0.2, 0.25) is 0 Å². The minimum Gasteiger partial charge on any atom is -0.465 e. The van der Waals surface area contributed by atoms with Gasteiger partial charge in [-0.25, -0.2) is 4.79 Å². The van der Waals surface area contributed by atoms with Crippen LogP contribution < -0.4 is 0 Å². The van der Waals surface area contributed by atoms with Gasteiger partial charge >= 0.3 is 12.3 Å². The van der Waals surface area contributed by atoms with Crippen LogP contribution in [0.15, 0.2) is 53.0 Å². The van der Waals surface area contributed by atoms with Crippen LogP contribution in [0.1, 0.15) is 27.6 Å². The van der Waals surface area contributed by atoms with E-state index in [1.165, 1.54) is 43.5 Å². The molecule has 0 saturated heterocycles. The van der Waals surface area contributed by atoms with Crippen LogP contribution in [0, 0.1) is 0 Å². The van der Waals surface area contributed by atoms with E-state index in [1.54, 1.807) is 12.1 Å². The smallest absolute Gasteiger partial charge is 0.465 e. The number of hydrogen-bond acceptors (Lipinski definition) is 3. The lowest BCUT2D eigenvalue weighted by Crippen LogP contribution is -2.19. The van der Waals surface area contributed by atoms with Crippen LogP contribution in [0.5, 0.6) is 0 Å². The molecule has 7 heteroatoms. The largest absolute Gasteiger partial charge is 0.523 e. The van der Waals surface area contributed by atoms with Crippen LogP contribution in [-0.2, 0) is 9.47 Å². The number of rotatable bonds is 4. The number of ether oxygens (including phenoxy) is 2. The molecule has 3 nitrogen and oxygen atoms in total. The molecule has 0 bridgehead atoms. The van der Waals surface area contributed by atoms with Crippen LogP contribution in [0.2, 0.25) is 0 Å². The third kappa shape index (κ3) is 4.80. The molecule has 1 atom stereocenters. The highest BCUT2D eigenvalue weighted by Gasteiger charge is 2.35. The first-order valence-electron chi connectivity index (χ1n) is 6.48. The second-order valence-corrected chi connectivity index (χ2v) is 5.52. The fourth-order valence-electron chi connectivity index (χ4n) is 2.01. The Morgan fingerprint density at radius 1 is 1.00 bits per heavy atom. The van der Waals surface area contributed by atoms with Gasteiger partial charge in [-0.3, -0.25) is 4.74 Å². The van der Waals surface area contributed by atoms with Crippen molar-refractivity contribution in [3.8, 4) is 0 Å². The first-order chi connectivity index (χ1) is 10.8. The summed E-state index contributed by atoms with van der Waals surface area (Å²) in [6.07, 6.45) is -6.12. The fourth-order valence-corrected chi connectivity index (χ4v) is 2.28. The molecule has 2 rings (SSSR count). The summed E-state index contributed by atoms with van der Waals surface area (Å²) in [5, 5.41) is 0. The number of esters is 1. The monoisotopic (exact) mass is 388 g/mol. The van der Waals surface area contributed by atoms with Gasteiger partial charge in [-0.2, -0.15) is 0 Å². The van der Waals surface area contributed by atoms with Crippen LogP contribution in [0.25, 0.3) is 0 Å².